The molecule has 1 aromatic heterocycles. The van der Waals surface area contributed by atoms with E-state index in [1.807, 2.05) is 12.1 Å². The van der Waals surface area contributed by atoms with E-state index in [2.05, 4.69) is 42.1 Å². The molecule has 0 bridgehead atoms. The average Bonchev–Trinajstić information content (AvgIpc) is 2.88. The highest BCUT2D eigenvalue weighted by molar-refractivity contribution is 5.82. The number of aromatic nitrogens is 2. The summed E-state index contributed by atoms with van der Waals surface area (Å²) in [5.41, 5.74) is 2.37. The highest BCUT2D eigenvalue weighted by atomic mass is 16.5. The van der Waals surface area contributed by atoms with Crippen LogP contribution < -0.4 is 19.9 Å². The summed E-state index contributed by atoms with van der Waals surface area (Å²) in [6.07, 6.45) is 4.25. The number of nitrogens with zero attached hydrogens (tertiary/aromatic N) is 5. The Labute approximate surface area is 194 Å². The first-order valence-electron chi connectivity index (χ1n) is 11.8. The van der Waals surface area contributed by atoms with Crippen molar-refractivity contribution in [1.29, 1.82) is 0 Å². The molecular formula is C24H32N6O3. The number of hydrogen-bond donors (Lipinski definition) is 1. The van der Waals surface area contributed by atoms with E-state index in [1.165, 1.54) is 11.3 Å². The summed E-state index contributed by atoms with van der Waals surface area (Å²) in [6.45, 7) is 7.23. The number of hydrogen-bond acceptors (Lipinski definition) is 8. The van der Waals surface area contributed by atoms with E-state index in [0.717, 1.165) is 57.6 Å². The quantitative estimate of drug-likeness (QED) is 0.689. The van der Waals surface area contributed by atoms with Crippen LogP contribution in [-0.4, -0.2) is 93.0 Å². The van der Waals surface area contributed by atoms with Crippen LogP contribution in [0.3, 0.4) is 0 Å². The molecule has 1 N–H and O–H groups in total. The van der Waals surface area contributed by atoms with Crippen molar-refractivity contribution < 1.29 is 14.3 Å². The molecule has 2 atom stereocenters. The number of methoxy groups -OCH3 is 1. The van der Waals surface area contributed by atoms with Crippen LogP contribution in [0.2, 0.25) is 0 Å². The molecule has 0 radical (unpaired) electrons. The van der Waals surface area contributed by atoms with Gasteiger partial charge in [-0.2, -0.15) is 0 Å². The third-order valence-electron chi connectivity index (χ3n) is 6.93. The van der Waals surface area contributed by atoms with E-state index in [9.17, 15) is 4.79 Å². The lowest BCUT2D eigenvalue weighted by molar-refractivity contribution is -0.125. The maximum absolute atomic E-state index is 13.4. The van der Waals surface area contributed by atoms with Crippen LogP contribution in [0, 0.1) is 5.92 Å². The van der Waals surface area contributed by atoms with E-state index >= 15 is 0 Å². The minimum atomic E-state index is -0.137. The summed E-state index contributed by atoms with van der Waals surface area (Å²) in [5.74, 6) is 1.55. The summed E-state index contributed by atoms with van der Waals surface area (Å²) >= 11 is 0. The number of amides is 1. The molecule has 176 valence electrons. The van der Waals surface area contributed by atoms with Crippen LogP contribution in [0.25, 0.3) is 0 Å². The summed E-state index contributed by atoms with van der Waals surface area (Å²) in [7, 11) is 1.69. The zero-order valence-electron chi connectivity index (χ0n) is 19.2. The molecular weight excluding hydrogens is 420 g/mol. The fourth-order valence-electron chi connectivity index (χ4n) is 5.13. The molecule has 2 fully saturated rings. The van der Waals surface area contributed by atoms with Crippen molar-refractivity contribution in [3.8, 4) is 5.75 Å². The van der Waals surface area contributed by atoms with Gasteiger partial charge in [0.15, 0.2) is 0 Å². The number of rotatable bonds is 6. The van der Waals surface area contributed by atoms with Crippen LogP contribution in [0.5, 0.6) is 5.75 Å². The van der Waals surface area contributed by atoms with Gasteiger partial charge in [0.2, 0.25) is 11.9 Å². The molecule has 4 heterocycles. The third kappa shape index (κ3) is 4.74. The number of anilines is 2. The maximum atomic E-state index is 13.4. The molecule has 1 aromatic carbocycles. The van der Waals surface area contributed by atoms with Crippen molar-refractivity contribution in [2.24, 2.45) is 5.92 Å². The van der Waals surface area contributed by atoms with Crippen molar-refractivity contribution >= 4 is 17.5 Å². The summed E-state index contributed by atoms with van der Waals surface area (Å²) in [6, 6.07) is 8.06. The van der Waals surface area contributed by atoms with Gasteiger partial charge in [0.05, 0.1) is 32.3 Å². The lowest BCUT2D eigenvalue weighted by Gasteiger charge is -2.49. The van der Waals surface area contributed by atoms with E-state index in [4.69, 9.17) is 9.47 Å². The van der Waals surface area contributed by atoms with Crippen molar-refractivity contribution in [1.82, 2.24) is 20.2 Å². The van der Waals surface area contributed by atoms with Crippen molar-refractivity contribution in [2.45, 2.75) is 12.5 Å². The molecule has 3 aliphatic heterocycles. The zero-order chi connectivity index (χ0) is 22.6. The zero-order valence-corrected chi connectivity index (χ0v) is 19.2. The summed E-state index contributed by atoms with van der Waals surface area (Å²) in [5, 5.41) is 3.22. The number of ether oxygens (including phenoxy) is 2. The Morgan fingerprint density at radius 1 is 1.18 bits per heavy atom. The van der Waals surface area contributed by atoms with Gasteiger partial charge in [0.25, 0.3) is 0 Å². The molecule has 3 aliphatic rings. The highest BCUT2D eigenvalue weighted by Gasteiger charge is 2.42. The van der Waals surface area contributed by atoms with Crippen LogP contribution in [0.4, 0.5) is 11.6 Å². The standard InChI is InChI=1S/C24H32N6O3/c1-32-19-4-3-18-15-20(23(31)25-7-8-28-11-13-33-14-12-28)22-17-29(24-26-5-2-6-27-24)9-10-30(22)21(18)16-19/h2-6,16,20,22H,7-15,17H2,1H3,(H,25,31). The van der Waals surface area contributed by atoms with Gasteiger partial charge in [-0.25, -0.2) is 9.97 Å². The molecule has 9 heteroatoms. The predicted molar refractivity (Wildman–Crippen MR) is 126 cm³/mol. The van der Waals surface area contributed by atoms with Crippen LogP contribution in [0.15, 0.2) is 36.7 Å². The van der Waals surface area contributed by atoms with E-state index in [-0.39, 0.29) is 17.9 Å². The molecule has 0 saturated carbocycles. The molecule has 0 spiro atoms. The van der Waals surface area contributed by atoms with Crippen LogP contribution >= 0.6 is 0 Å². The molecule has 33 heavy (non-hydrogen) atoms. The minimum absolute atomic E-state index is 0.0468. The number of carbonyl (C=O) groups excluding carboxylic acids is 1. The number of morpholine rings is 1. The second-order valence-corrected chi connectivity index (χ2v) is 8.81. The van der Waals surface area contributed by atoms with Crippen LogP contribution in [-0.2, 0) is 16.0 Å². The van der Waals surface area contributed by atoms with E-state index < -0.39 is 0 Å². The predicted octanol–water partition coefficient (Wildman–Crippen LogP) is 0.801. The summed E-state index contributed by atoms with van der Waals surface area (Å²) < 4.78 is 10.9. The molecule has 9 nitrogen and oxygen atoms in total. The smallest absolute Gasteiger partial charge is 0.225 e. The Bertz CT molecular complexity index is 952. The Morgan fingerprint density at radius 3 is 2.79 bits per heavy atom. The maximum Gasteiger partial charge on any atom is 0.225 e. The Morgan fingerprint density at radius 2 is 2.00 bits per heavy atom. The first-order chi connectivity index (χ1) is 16.2. The van der Waals surface area contributed by atoms with Gasteiger partial charge in [-0.1, -0.05) is 6.07 Å². The Hall–Kier alpha value is -2.91. The first kappa shape index (κ1) is 21.9. The average molecular weight is 453 g/mol. The van der Waals surface area contributed by atoms with E-state index in [0.29, 0.717) is 19.5 Å². The topological polar surface area (TPSA) is 83.1 Å². The van der Waals surface area contributed by atoms with Gasteiger partial charge >= 0.3 is 0 Å². The number of fused-ring (bicyclic) bond motifs is 3. The second kappa shape index (κ2) is 9.93. The molecule has 1 amide bonds. The normalized spacial score (nSPS) is 22.9. The van der Waals surface area contributed by atoms with Gasteiger partial charge in [-0.3, -0.25) is 9.69 Å². The molecule has 2 aromatic rings. The van der Waals surface area contributed by atoms with Gasteiger partial charge in [0.1, 0.15) is 5.75 Å². The Balaban J connectivity index is 1.34. The third-order valence-corrected chi connectivity index (χ3v) is 6.93. The van der Waals surface area contributed by atoms with Crippen molar-refractivity contribution in [2.75, 3.05) is 75.9 Å². The SMILES string of the molecule is COc1ccc2c(c1)N1CCN(c3ncccn3)CC1C(C(=O)NCCN1CCOCC1)C2. The molecule has 5 rings (SSSR count). The summed E-state index contributed by atoms with van der Waals surface area (Å²) in [4.78, 5) is 29.2. The highest BCUT2D eigenvalue weighted by Crippen LogP contribution is 2.38. The lowest BCUT2D eigenvalue weighted by atomic mass is 9.83. The lowest BCUT2D eigenvalue weighted by Crippen LogP contribution is -2.61. The van der Waals surface area contributed by atoms with Crippen LogP contribution in [0.1, 0.15) is 5.56 Å². The van der Waals surface area contributed by atoms with Gasteiger partial charge in [-0.15, -0.1) is 0 Å². The Kier molecular flexibility index (Phi) is 6.59. The van der Waals surface area contributed by atoms with Gasteiger partial charge < -0.3 is 24.6 Å². The number of benzene rings is 1. The van der Waals surface area contributed by atoms with Gasteiger partial charge in [-0.05, 0) is 24.1 Å². The van der Waals surface area contributed by atoms with Crippen molar-refractivity contribution in [3.05, 3.63) is 42.2 Å². The van der Waals surface area contributed by atoms with E-state index in [1.54, 1.807) is 19.5 Å². The second-order valence-electron chi connectivity index (χ2n) is 8.81. The largest absolute Gasteiger partial charge is 0.497 e. The number of carbonyl (C=O) groups is 1. The van der Waals surface area contributed by atoms with Crippen molar-refractivity contribution in [3.63, 3.8) is 0 Å². The molecule has 2 saturated heterocycles. The number of piperazine rings is 1. The minimum Gasteiger partial charge on any atom is -0.497 e. The first-order valence-corrected chi connectivity index (χ1v) is 11.8. The number of nitrogens with one attached hydrogen (secondary N) is 1. The van der Waals surface area contributed by atoms with Gasteiger partial charge in [0, 0.05) is 70.0 Å². The monoisotopic (exact) mass is 452 g/mol. The molecule has 2 unspecified atom stereocenters. The fraction of sp³-hybridized carbons (Fsp3) is 0.542. The molecule has 0 aliphatic carbocycles. The fourth-order valence-corrected chi connectivity index (χ4v) is 5.13.